The first-order valence-corrected chi connectivity index (χ1v) is 5.11. The molecule has 0 spiro atoms. The molecule has 0 unspecified atom stereocenters. The molecule has 1 heterocycles. The average Bonchev–Trinajstić information content (AvgIpc) is 2.52. The Morgan fingerprint density at radius 3 is 2.77 bits per heavy atom. The van der Waals surface area contributed by atoms with Crippen LogP contribution in [-0.4, -0.2) is 18.5 Å². The lowest BCUT2D eigenvalue weighted by atomic mass is 10.1. The molecule has 0 aliphatic carbocycles. The van der Waals surface area contributed by atoms with Crippen molar-refractivity contribution in [1.82, 2.24) is 4.90 Å². The lowest BCUT2D eigenvalue weighted by molar-refractivity contribution is 0.317. The van der Waals surface area contributed by atoms with E-state index in [-0.39, 0.29) is 0 Å². The van der Waals surface area contributed by atoms with Crippen molar-refractivity contribution in [3.63, 3.8) is 0 Å². The van der Waals surface area contributed by atoms with E-state index in [9.17, 15) is 0 Å². The van der Waals surface area contributed by atoms with Crippen LogP contribution in [0.1, 0.15) is 24.4 Å². The Morgan fingerprint density at radius 1 is 1.38 bits per heavy atom. The summed E-state index contributed by atoms with van der Waals surface area (Å²) in [6, 6.07) is 8.69. The monoisotopic (exact) mass is 195 g/mol. The van der Waals surface area contributed by atoms with Gasteiger partial charge in [0.15, 0.2) is 0 Å². The summed E-state index contributed by atoms with van der Waals surface area (Å²) in [5.74, 6) is 0. The number of likely N-dealkylation sites (tertiary alicyclic amines) is 1. The van der Waals surface area contributed by atoms with Crippen LogP contribution >= 0.6 is 11.6 Å². The normalized spacial score (nSPS) is 23.7. The van der Waals surface area contributed by atoms with E-state index in [1.54, 1.807) is 0 Å². The van der Waals surface area contributed by atoms with Crippen LogP contribution in [0.25, 0.3) is 0 Å². The molecule has 1 saturated heterocycles. The standard InChI is InChI=1S/C11H14ClN/c1-13-8-4-7-11(13)9-5-2-3-6-10(9)12/h2-3,5-6,11H,4,7-8H2,1H3/t11-/m0/s1. The zero-order valence-electron chi connectivity index (χ0n) is 7.83. The fourth-order valence-corrected chi connectivity index (χ4v) is 2.31. The van der Waals surface area contributed by atoms with Gasteiger partial charge in [-0.25, -0.2) is 0 Å². The third-order valence-electron chi connectivity index (χ3n) is 2.78. The Labute approximate surface area is 84.3 Å². The van der Waals surface area contributed by atoms with Crippen molar-refractivity contribution in [2.45, 2.75) is 18.9 Å². The maximum absolute atomic E-state index is 6.14. The molecular weight excluding hydrogens is 182 g/mol. The molecule has 0 saturated carbocycles. The van der Waals surface area contributed by atoms with Crippen molar-refractivity contribution in [3.05, 3.63) is 34.9 Å². The number of nitrogens with zero attached hydrogens (tertiary/aromatic N) is 1. The minimum absolute atomic E-state index is 0.536. The summed E-state index contributed by atoms with van der Waals surface area (Å²) in [5.41, 5.74) is 1.28. The molecule has 1 aromatic carbocycles. The first-order valence-electron chi connectivity index (χ1n) is 4.73. The van der Waals surface area contributed by atoms with Crippen LogP contribution in [0.2, 0.25) is 5.02 Å². The summed E-state index contributed by atoms with van der Waals surface area (Å²) in [4.78, 5) is 2.38. The van der Waals surface area contributed by atoms with Gasteiger partial charge in [-0.3, -0.25) is 4.90 Å². The summed E-state index contributed by atoms with van der Waals surface area (Å²) in [6.45, 7) is 1.19. The van der Waals surface area contributed by atoms with Crippen LogP contribution in [-0.2, 0) is 0 Å². The lowest BCUT2D eigenvalue weighted by Crippen LogP contribution is -2.17. The summed E-state index contributed by atoms with van der Waals surface area (Å²) in [7, 11) is 2.17. The maximum atomic E-state index is 6.14. The van der Waals surface area contributed by atoms with Crippen LogP contribution < -0.4 is 0 Å². The Bertz CT molecular complexity index is 298. The van der Waals surface area contributed by atoms with E-state index in [0.717, 1.165) is 5.02 Å². The van der Waals surface area contributed by atoms with Crippen LogP contribution in [0, 0.1) is 0 Å². The van der Waals surface area contributed by atoms with Crippen molar-refractivity contribution >= 4 is 11.6 Å². The average molecular weight is 196 g/mol. The van der Waals surface area contributed by atoms with Crippen LogP contribution in [0.4, 0.5) is 0 Å². The van der Waals surface area contributed by atoms with Gasteiger partial charge in [-0.05, 0) is 38.1 Å². The zero-order chi connectivity index (χ0) is 9.26. The highest BCUT2D eigenvalue weighted by atomic mass is 35.5. The van der Waals surface area contributed by atoms with Crippen LogP contribution in [0.15, 0.2) is 24.3 Å². The topological polar surface area (TPSA) is 3.24 Å². The number of hydrogen-bond donors (Lipinski definition) is 0. The second kappa shape index (κ2) is 3.69. The number of hydrogen-bond acceptors (Lipinski definition) is 1. The van der Waals surface area contributed by atoms with Crippen molar-refractivity contribution in [2.75, 3.05) is 13.6 Å². The molecule has 0 amide bonds. The molecule has 1 aromatic rings. The quantitative estimate of drug-likeness (QED) is 0.666. The SMILES string of the molecule is CN1CCC[C@H]1c1ccccc1Cl. The van der Waals surface area contributed by atoms with E-state index in [1.807, 2.05) is 12.1 Å². The smallest absolute Gasteiger partial charge is 0.0453 e. The number of halogens is 1. The largest absolute Gasteiger partial charge is 0.299 e. The Balaban J connectivity index is 2.29. The minimum Gasteiger partial charge on any atom is -0.299 e. The zero-order valence-corrected chi connectivity index (χ0v) is 8.59. The van der Waals surface area contributed by atoms with Gasteiger partial charge in [0, 0.05) is 11.1 Å². The van der Waals surface area contributed by atoms with Gasteiger partial charge >= 0.3 is 0 Å². The predicted molar refractivity (Wildman–Crippen MR) is 56.1 cm³/mol. The molecule has 2 rings (SSSR count). The van der Waals surface area contributed by atoms with Gasteiger partial charge in [-0.15, -0.1) is 0 Å². The van der Waals surface area contributed by atoms with Gasteiger partial charge in [0.25, 0.3) is 0 Å². The maximum Gasteiger partial charge on any atom is 0.0453 e. The predicted octanol–water partition coefficient (Wildman–Crippen LogP) is 3.11. The highest BCUT2D eigenvalue weighted by Crippen LogP contribution is 2.34. The van der Waals surface area contributed by atoms with E-state index in [1.165, 1.54) is 24.9 Å². The van der Waals surface area contributed by atoms with Crippen LogP contribution in [0.3, 0.4) is 0 Å². The van der Waals surface area contributed by atoms with Gasteiger partial charge in [0.05, 0.1) is 0 Å². The molecule has 2 heteroatoms. The molecule has 0 bridgehead atoms. The molecule has 70 valence electrons. The van der Waals surface area contributed by atoms with Gasteiger partial charge < -0.3 is 0 Å². The molecule has 1 nitrogen and oxygen atoms in total. The Morgan fingerprint density at radius 2 is 2.15 bits per heavy atom. The van der Waals surface area contributed by atoms with E-state index in [2.05, 4.69) is 24.1 Å². The van der Waals surface area contributed by atoms with Crippen molar-refractivity contribution in [2.24, 2.45) is 0 Å². The summed E-state index contributed by atoms with van der Waals surface area (Å²) >= 11 is 6.14. The molecule has 1 aliphatic heterocycles. The van der Waals surface area contributed by atoms with Crippen molar-refractivity contribution < 1.29 is 0 Å². The third-order valence-corrected chi connectivity index (χ3v) is 3.13. The molecule has 0 radical (unpaired) electrons. The van der Waals surface area contributed by atoms with Gasteiger partial charge in [-0.1, -0.05) is 29.8 Å². The second-order valence-corrected chi connectivity index (χ2v) is 4.07. The van der Waals surface area contributed by atoms with E-state index >= 15 is 0 Å². The molecular formula is C11H14ClN. The molecule has 1 aliphatic rings. The lowest BCUT2D eigenvalue weighted by Gasteiger charge is -2.20. The number of benzene rings is 1. The summed E-state index contributed by atoms with van der Waals surface area (Å²) in [6.07, 6.45) is 2.52. The third kappa shape index (κ3) is 1.72. The van der Waals surface area contributed by atoms with Gasteiger partial charge in [0.1, 0.15) is 0 Å². The van der Waals surface area contributed by atoms with E-state index < -0.39 is 0 Å². The van der Waals surface area contributed by atoms with E-state index in [4.69, 9.17) is 11.6 Å². The van der Waals surface area contributed by atoms with Gasteiger partial charge in [0.2, 0.25) is 0 Å². The fourth-order valence-electron chi connectivity index (χ4n) is 2.05. The highest BCUT2D eigenvalue weighted by Gasteiger charge is 2.23. The number of rotatable bonds is 1. The molecule has 0 aromatic heterocycles. The van der Waals surface area contributed by atoms with Crippen molar-refractivity contribution in [1.29, 1.82) is 0 Å². The first-order chi connectivity index (χ1) is 6.29. The Hall–Kier alpha value is -0.530. The molecule has 1 fully saturated rings. The fraction of sp³-hybridized carbons (Fsp3) is 0.455. The van der Waals surface area contributed by atoms with E-state index in [0.29, 0.717) is 6.04 Å². The second-order valence-electron chi connectivity index (χ2n) is 3.66. The van der Waals surface area contributed by atoms with Gasteiger partial charge in [-0.2, -0.15) is 0 Å². The Kier molecular flexibility index (Phi) is 2.56. The summed E-state index contributed by atoms with van der Waals surface area (Å²) < 4.78 is 0. The molecule has 1 atom stereocenters. The van der Waals surface area contributed by atoms with Crippen molar-refractivity contribution in [3.8, 4) is 0 Å². The molecule has 13 heavy (non-hydrogen) atoms. The van der Waals surface area contributed by atoms with Crippen LogP contribution in [0.5, 0.6) is 0 Å². The summed E-state index contributed by atoms with van der Waals surface area (Å²) in [5, 5.41) is 0.904. The molecule has 0 N–H and O–H groups in total. The highest BCUT2D eigenvalue weighted by molar-refractivity contribution is 6.31. The minimum atomic E-state index is 0.536. The first kappa shape index (κ1) is 9.04.